The lowest BCUT2D eigenvalue weighted by Crippen LogP contribution is -2.35. The SMILES string of the molecule is CC(C)(C)[Si](C)(C)N=S(C)(=O)Cl. The lowest BCUT2D eigenvalue weighted by Gasteiger charge is -2.32. The van der Waals surface area contributed by atoms with Crippen LogP contribution in [-0.2, 0) is 8.94 Å². The average Bonchev–Trinajstić information content (AvgIpc) is 1.52. The van der Waals surface area contributed by atoms with E-state index in [1.54, 1.807) is 0 Å². The summed E-state index contributed by atoms with van der Waals surface area (Å²) >= 11 is 0. The fourth-order valence-corrected chi connectivity index (χ4v) is 6.45. The Kier molecular flexibility index (Phi) is 3.44. The third-order valence-corrected chi connectivity index (χ3v) is 9.65. The van der Waals surface area contributed by atoms with Crippen molar-refractivity contribution in [3.8, 4) is 0 Å². The Bertz CT molecular complexity index is 266. The Morgan fingerprint density at radius 2 is 1.67 bits per heavy atom. The van der Waals surface area contributed by atoms with E-state index in [2.05, 4.69) is 37.9 Å². The van der Waals surface area contributed by atoms with E-state index in [1.165, 1.54) is 6.26 Å². The molecular formula is C7H18ClNOSSi. The largest absolute Gasteiger partial charge is 0.265 e. The van der Waals surface area contributed by atoms with Crippen LogP contribution in [0.25, 0.3) is 0 Å². The van der Waals surface area contributed by atoms with Crippen LogP contribution in [0.2, 0.25) is 18.1 Å². The van der Waals surface area contributed by atoms with Crippen molar-refractivity contribution in [2.45, 2.75) is 38.9 Å². The molecule has 1 atom stereocenters. The predicted molar refractivity (Wildman–Crippen MR) is 59.5 cm³/mol. The smallest absolute Gasteiger partial charge is 0.194 e. The van der Waals surface area contributed by atoms with Gasteiger partial charge in [-0.25, -0.2) is 4.21 Å². The van der Waals surface area contributed by atoms with Crippen molar-refractivity contribution in [3.05, 3.63) is 0 Å². The van der Waals surface area contributed by atoms with E-state index in [4.69, 9.17) is 10.7 Å². The molecule has 0 saturated carbocycles. The van der Waals surface area contributed by atoms with Crippen molar-refractivity contribution in [2.75, 3.05) is 6.26 Å². The van der Waals surface area contributed by atoms with E-state index < -0.39 is 17.2 Å². The second-order valence-electron chi connectivity index (χ2n) is 4.61. The molecule has 0 amide bonds. The number of halogens is 1. The van der Waals surface area contributed by atoms with Gasteiger partial charge in [0.05, 0.1) is 0 Å². The summed E-state index contributed by atoms with van der Waals surface area (Å²) in [5, 5.41) is 0.112. The summed E-state index contributed by atoms with van der Waals surface area (Å²) in [6.07, 6.45) is 1.48. The molecule has 12 heavy (non-hydrogen) atoms. The van der Waals surface area contributed by atoms with Gasteiger partial charge in [-0.1, -0.05) is 20.8 Å². The Balaban J connectivity index is 5.05. The van der Waals surface area contributed by atoms with Gasteiger partial charge in [0, 0.05) is 6.26 Å². The van der Waals surface area contributed by atoms with Gasteiger partial charge in [0.1, 0.15) is 8.94 Å². The van der Waals surface area contributed by atoms with Gasteiger partial charge in [0.15, 0.2) is 8.24 Å². The highest BCUT2D eigenvalue weighted by molar-refractivity contribution is 8.15. The molecule has 0 N–H and O–H groups in total. The van der Waals surface area contributed by atoms with E-state index in [-0.39, 0.29) is 5.04 Å². The van der Waals surface area contributed by atoms with Crippen LogP contribution in [0.3, 0.4) is 0 Å². The quantitative estimate of drug-likeness (QED) is 0.500. The summed E-state index contributed by atoms with van der Waals surface area (Å²) in [4.78, 5) is 0. The third-order valence-electron chi connectivity index (χ3n) is 2.23. The number of hydrogen-bond acceptors (Lipinski definition) is 2. The molecule has 0 aliphatic carbocycles. The Morgan fingerprint density at radius 3 is 1.75 bits per heavy atom. The molecule has 0 spiro atoms. The molecule has 0 aliphatic rings. The highest BCUT2D eigenvalue weighted by atomic mass is 35.7. The van der Waals surface area contributed by atoms with Gasteiger partial charge >= 0.3 is 0 Å². The summed E-state index contributed by atoms with van der Waals surface area (Å²) < 4.78 is 15.5. The van der Waals surface area contributed by atoms with E-state index in [0.29, 0.717) is 0 Å². The standard InChI is InChI=1S/C7H18ClNOSSi/c1-7(2,3)12(5,6)9-11(4,8)10/h1-6H3. The number of nitrogens with zero attached hydrogens (tertiary/aromatic N) is 1. The topological polar surface area (TPSA) is 29.4 Å². The molecular weight excluding hydrogens is 210 g/mol. The zero-order chi connectivity index (χ0) is 10.2. The molecule has 1 unspecified atom stereocenters. The van der Waals surface area contributed by atoms with Gasteiger partial charge in [-0.2, -0.15) is 0 Å². The molecule has 2 nitrogen and oxygen atoms in total. The Morgan fingerprint density at radius 1 is 1.33 bits per heavy atom. The Labute approximate surface area is 81.5 Å². The zero-order valence-electron chi connectivity index (χ0n) is 8.64. The van der Waals surface area contributed by atoms with Crippen LogP contribution >= 0.6 is 10.7 Å². The van der Waals surface area contributed by atoms with Crippen LogP contribution in [0.1, 0.15) is 20.8 Å². The van der Waals surface area contributed by atoms with Gasteiger partial charge in [0.25, 0.3) is 0 Å². The molecule has 0 aromatic heterocycles. The molecule has 0 aromatic carbocycles. The van der Waals surface area contributed by atoms with Crippen LogP contribution in [0.15, 0.2) is 4.03 Å². The van der Waals surface area contributed by atoms with Gasteiger partial charge in [-0.05, 0) is 28.8 Å². The third kappa shape index (κ3) is 3.91. The lowest BCUT2D eigenvalue weighted by atomic mass is 10.2. The maximum atomic E-state index is 11.3. The van der Waals surface area contributed by atoms with E-state index >= 15 is 0 Å². The summed E-state index contributed by atoms with van der Waals surface area (Å²) in [6.45, 7) is 10.5. The van der Waals surface area contributed by atoms with Crippen LogP contribution in [0, 0.1) is 0 Å². The lowest BCUT2D eigenvalue weighted by molar-refractivity contribution is 0.686. The van der Waals surface area contributed by atoms with Crippen LogP contribution in [0.4, 0.5) is 0 Å². The molecule has 0 bridgehead atoms. The summed E-state index contributed by atoms with van der Waals surface area (Å²) in [6, 6.07) is 0. The zero-order valence-corrected chi connectivity index (χ0v) is 11.2. The van der Waals surface area contributed by atoms with Crippen LogP contribution in [-0.4, -0.2) is 18.7 Å². The molecule has 0 aromatic rings. The molecule has 0 heterocycles. The van der Waals surface area contributed by atoms with Crippen LogP contribution < -0.4 is 0 Å². The first-order valence-corrected chi connectivity index (χ1v) is 9.58. The minimum absolute atomic E-state index is 0.112. The first-order chi connectivity index (χ1) is 4.96. The molecule has 0 radical (unpaired) electrons. The molecule has 5 heteroatoms. The van der Waals surface area contributed by atoms with Crippen molar-refractivity contribution in [2.24, 2.45) is 4.03 Å². The van der Waals surface area contributed by atoms with Crippen molar-refractivity contribution >= 4 is 27.9 Å². The first kappa shape index (κ1) is 12.5. The van der Waals surface area contributed by atoms with E-state index in [1.807, 2.05) is 0 Å². The maximum absolute atomic E-state index is 11.3. The maximum Gasteiger partial charge on any atom is 0.194 e. The Hall–Kier alpha value is 0.457. The highest BCUT2D eigenvalue weighted by Gasteiger charge is 2.36. The first-order valence-electron chi connectivity index (χ1n) is 3.89. The summed E-state index contributed by atoms with van der Waals surface area (Å²) in [5.41, 5.74) is 0. The average molecular weight is 228 g/mol. The summed E-state index contributed by atoms with van der Waals surface area (Å²) in [5.74, 6) is 0. The predicted octanol–water partition coefficient (Wildman–Crippen LogP) is 3.24. The van der Waals surface area contributed by atoms with Crippen LogP contribution in [0.5, 0.6) is 0 Å². The highest BCUT2D eigenvalue weighted by Crippen LogP contribution is 2.37. The molecule has 0 aliphatic heterocycles. The fourth-order valence-electron chi connectivity index (χ4n) is 0.545. The van der Waals surface area contributed by atoms with Gasteiger partial charge in [-0.15, -0.1) is 0 Å². The van der Waals surface area contributed by atoms with Crippen molar-refractivity contribution in [1.82, 2.24) is 0 Å². The van der Waals surface area contributed by atoms with E-state index in [9.17, 15) is 4.21 Å². The van der Waals surface area contributed by atoms with Gasteiger partial charge < -0.3 is 0 Å². The monoisotopic (exact) mass is 227 g/mol. The molecule has 0 saturated heterocycles. The molecule has 0 rings (SSSR count). The summed E-state index contributed by atoms with van der Waals surface area (Å²) in [7, 11) is 1.34. The normalized spacial score (nSPS) is 18.6. The second-order valence-corrected chi connectivity index (χ2v) is 13.1. The fraction of sp³-hybridized carbons (Fsp3) is 1.00. The van der Waals surface area contributed by atoms with Gasteiger partial charge in [-0.3, -0.25) is 4.03 Å². The van der Waals surface area contributed by atoms with Crippen molar-refractivity contribution < 1.29 is 4.21 Å². The number of hydrogen-bond donors (Lipinski definition) is 0. The van der Waals surface area contributed by atoms with E-state index in [0.717, 1.165) is 0 Å². The molecule has 74 valence electrons. The molecule has 0 fully saturated rings. The van der Waals surface area contributed by atoms with Crippen molar-refractivity contribution in [1.29, 1.82) is 0 Å². The van der Waals surface area contributed by atoms with Gasteiger partial charge in [0.2, 0.25) is 0 Å². The minimum Gasteiger partial charge on any atom is -0.265 e. The minimum atomic E-state index is -2.46. The number of rotatable bonds is 1. The second kappa shape index (κ2) is 3.31. The van der Waals surface area contributed by atoms with Crippen molar-refractivity contribution in [3.63, 3.8) is 0 Å².